The van der Waals surface area contributed by atoms with Crippen LogP contribution in [0.15, 0.2) is 54.6 Å². The Morgan fingerprint density at radius 1 is 0.909 bits per heavy atom. The number of ketones is 3. The van der Waals surface area contributed by atoms with Gasteiger partial charge in [-0.3, -0.25) is 14.4 Å². The highest BCUT2D eigenvalue weighted by atomic mass is 16.2. The van der Waals surface area contributed by atoms with Crippen LogP contribution in [0.5, 0.6) is 0 Å². The Balaban J connectivity index is 1.59. The molecule has 4 rings (SSSR count). The lowest BCUT2D eigenvalue weighted by Crippen LogP contribution is -2.20. The van der Waals surface area contributed by atoms with Crippen LogP contribution in [-0.2, 0) is 0 Å². The zero-order chi connectivity index (χ0) is 15.3. The highest BCUT2D eigenvalue weighted by molar-refractivity contribution is 6.31. The second kappa shape index (κ2) is 4.47. The van der Waals surface area contributed by atoms with Crippen LogP contribution in [-0.4, -0.2) is 17.3 Å². The molecular weight excluding hydrogens is 276 g/mol. The molecule has 1 unspecified atom stereocenters. The van der Waals surface area contributed by atoms with Crippen molar-refractivity contribution in [2.24, 2.45) is 11.3 Å². The third-order valence-electron chi connectivity index (χ3n) is 4.86. The normalized spacial score (nSPS) is 21.0. The van der Waals surface area contributed by atoms with Gasteiger partial charge >= 0.3 is 0 Å². The van der Waals surface area contributed by atoms with Crippen LogP contribution in [0.4, 0.5) is 0 Å². The average Bonchev–Trinajstić information content (AvgIpc) is 3.24. The monoisotopic (exact) mass is 290 g/mol. The minimum absolute atomic E-state index is 0.000897. The Kier molecular flexibility index (Phi) is 2.67. The summed E-state index contributed by atoms with van der Waals surface area (Å²) in [6.07, 6.45) is 0.757. The van der Waals surface area contributed by atoms with Crippen LogP contribution >= 0.6 is 0 Å². The molecule has 1 spiro atoms. The van der Waals surface area contributed by atoms with E-state index in [2.05, 4.69) is 0 Å². The van der Waals surface area contributed by atoms with Crippen molar-refractivity contribution in [1.29, 1.82) is 0 Å². The molecule has 0 radical (unpaired) electrons. The fraction of sp³-hybridized carbons (Fsp3) is 0.211. The van der Waals surface area contributed by atoms with E-state index < -0.39 is 5.41 Å². The van der Waals surface area contributed by atoms with Crippen molar-refractivity contribution in [3.63, 3.8) is 0 Å². The quantitative estimate of drug-likeness (QED) is 0.643. The summed E-state index contributed by atoms with van der Waals surface area (Å²) in [5.74, 6) is -0.357. The second-order valence-corrected chi connectivity index (χ2v) is 6.07. The maximum atomic E-state index is 12.6. The highest BCUT2D eigenvalue weighted by Gasteiger charge is 2.68. The van der Waals surface area contributed by atoms with E-state index >= 15 is 0 Å². The standard InChI is InChI=1S/C19H14O3/c20-16(12-6-2-1-3-7-12)10-13-11-19(13)17(21)14-8-4-5-9-15(14)18(19)22/h1-9,13H,10-11H2. The zero-order valence-corrected chi connectivity index (χ0v) is 11.9. The summed E-state index contributed by atoms with van der Waals surface area (Å²) < 4.78 is 0. The van der Waals surface area contributed by atoms with Gasteiger partial charge in [-0.15, -0.1) is 0 Å². The van der Waals surface area contributed by atoms with Gasteiger partial charge < -0.3 is 0 Å². The molecule has 2 aromatic carbocycles. The van der Waals surface area contributed by atoms with E-state index in [1.54, 1.807) is 36.4 Å². The topological polar surface area (TPSA) is 51.2 Å². The molecule has 22 heavy (non-hydrogen) atoms. The minimum Gasteiger partial charge on any atom is -0.294 e. The maximum absolute atomic E-state index is 12.6. The molecule has 0 aliphatic heterocycles. The van der Waals surface area contributed by atoms with Crippen LogP contribution in [0, 0.1) is 11.3 Å². The summed E-state index contributed by atoms with van der Waals surface area (Å²) in [4.78, 5) is 37.5. The molecule has 1 saturated carbocycles. The van der Waals surface area contributed by atoms with Gasteiger partial charge in [0.25, 0.3) is 0 Å². The van der Waals surface area contributed by atoms with Crippen LogP contribution in [0.1, 0.15) is 43.9 Å². The largest absolute Gasteiger partial charge is 0.294 e. The first kappa shape index (κ1) is 13.1. The molecule has 3 heteroatoms. The van der Waals surface area contributed by atoms with E-state index in [0.29, 0.717) is 23.1 Å². The van der Waals surface area contributed by atoms with Crippen LogP contribution in [0.25, 0.3) is 0 Å². The Hall–Kier alpha value is -2.55. The molecule has 0 bridgehead atoms. The lowest BCUT2D eigenvalue weighted by Gasteiger charge is -2.05. The van der Waals surface area contributed by atoms with E-state index in [9.17, 15) is 14.4 Å². The number of carbonyl (C=O) groups is 3. The molecule has 3 nitrogen and oxygen atoms in total. The average molecular weight is 290 g/mol. The number of benzene rings is 2. The van der Waals surface area contributed by atoms with Gasteiger partial charge in [-0.2, -0.15) is 0 Å². The molecule has 108 valence electrons. The van der Waals surface area contributed by atoms with Crippen molar-refractivity contribution in [3.8, 4) is 0 Å². The second-order valence-electron chi connectivity index (χ2n) is 6.07. The predicted molar refractivity (Wildman–Crippen MR) is 81.0 cm³/mol. The molecule has 1 atom stereocenters. The van der Waals surface area contributed by atoms with Crippen molar-refractivity contribution in [2.75, 3.05) is 0 Å². The third-order valence-corrected chi connectivity index (χ3v) is 4.86. The molecular formula is C19H14O3. The fourth-order valence-electron chi connectivity index (χ4n) is 3.56. The maximum Gasteiger partial charge on any atom is 0.177 e. The SMILES string of the molecule is O=C(CC1CC12C(=O)c1ccccc1C2=O)c1ccccc1. The van der Waals surface area contributed by atoms with Gasteiger partial charge in [0.1, 0.15) is 5.41 Å². The van der Waals surface area contributed by atoms with E-state index in [-0.39, 0.29) is 29.7 Å². The predicted octanol–water partition coefficient (Wildman–Crippen LogP) is 3.34. The molecule has 2 aliphatic carbocycles. The van der Waals surface area contributed by atoms with Gasteiger partial charge in [0, 0.05) is 23.1 Å². The molecule has 0 saturated heterocycles. The van der Waals surface area contributed by atoms with Gasteiger partial charge in [-0.05, 0) is 12.3 Å². The molecule has 0 N–H and O–H groups in total. The summed E-state index contributed by atoms with van der Waals surface area (Å²) in [5.41, 5.74) is 0.720. The van der Waals surface area contributed by atoms with Crippen LogP contribution in [0.3, 0.4) is 0 Å². The minimum atomic E-state index is -0.950. The number of Topliss-reactive ketones (excluding diaryl/α,β-unsaturated/α-hetero) is 3. The molecule has 0 amide bonds. The Bertz CT molecular complexity index is 769. The fourth-order valence-corrected chi connectivity index (χ4v) is 3.56. The summed E-state index contributed by atoms with van der Waals surface area (Å²) in [7, 11) is 0. The van der Waals surface area contributed by atoms with Crippen molar-refractivity contribution in [1.82, 2.24) is 0 Å². The Morgan fingerprint density at radius 3 is 2.05 bits per heavy atom. The number of hydrogen-bond donors (Lipinski definition) is 0. The number of hydrogen-bond acceptors (Lipinski definition) is 3. The third kappa shape index (κ3) is 1.65. The summed E-state index contributed by atoms with van der Waals surface area (Å²) in [5, 5.41) is 0. The summed E-state index contributed by atoms with van der Waals surface area (Å²) >= 11 is 0. The van der Waals surface area contributed by atoms with E-state index in [1.807, 2.05) is 18.2 Å². The van der Waals surface area contributed by atoms with Gasteiger partial charge in [0.15, 0.2) is 17.3 Å². The molecule has 0 aromatic heterocycles. The summed E-state index contributed by atoms with van der Waals surface area (Å²) in [6.45, 7) is 0. The van der Waals surface area contributed by atoms with Crippen molar-refractivity contribution in [2.45, 2.75) is 12.8 Å². The Morgan fingerprint density at radius 2 is 1.45 bits per heavy atom. The number of carbonyl (C=O) groups excluding carboxylic acids is 3. The number of rotatable bonds is 3. The highest BCUT2D eigenvalue weighted by Crippen LogP contribution is 2.61. The smallest absolute Gasteiger partial charge is 0.177 e. The summed E-state index contributed by atoms with van der Waals surface area (Å²) in [6, 6.07) is 16.0. The lowest BCUT2D eigenvalue weighted by atomic mass is 9.94. The van der Waals surface area contributed by atoms with Crippen LogP contribution < -0.4 is 0 Å². The lowest BCUT2D eigenvalue weighted by molar-refractivity contribution is 0.0795. The van der Waals surface area contributed by atoms with Gasteiger partial charge in [-0.1, -0.05) is 54.6 Å². The Labute approximate surface area is 128 Å². The molecule has 2 aromatic rings. The van der Waals surface area contributed by atoms with Crippen molar-refractivity contribution in [3.05, 3.63) is 71.3 Å². The van der Waals surface area contributed by atoms with E-state index in [4.69, 9.17) is 0 Å². The first-order valence-electron chi connectivity index (χ1n) is 7.41. The number of fused-ring (bicyclic) bond motifs is 1. The van der Waals surface area contributed by atoms with Crippen LogP contribution in [0.2, 0.25) is 0 Å². The van der Waals surface area contributed by atoms with Gasteiger partial charge in [-0.25, -0.2) is 0 Å². The molecule has 1 fully saturated rings. The van der Waals surface area contributed by atoms with Gasteiger partial charge in [0.2, 0.25) is 0 Å². The molecule has 2 aliphatic rings. The van der Waals surface area contributed by atoms with E-state index in [1.165, 1.54) is 0 Å². The molecule has 0 heterocycles. The first-order chi connectivity index (χ1) is 10.6. The first-order valence-corrected chi connectivity index (χ1v) is 7.41. The van der Waals surface area contributed by atoms with E-state index in [0.717, 1.165) is 0 Å². The van der Waals surface area contributed by atoms with Crippen molar-refractivity contribution >= 4 is 17.3 Å². The van der Waals surface area contributed by atoms with Crippen molar-refractivity contribution < 1.29 is 14.4 Å². The van der Waals surface area contributed by atoms with Gasteiger partial charge in [0.05, 0.1) is 0 Å². The zero-order valence-electron chi connectivity index (χ0n) is 11.9.